The minimum absolute atomic E-state index is 0.163. The molecule has 0 aliphatic rings. The smallest absolute Gasteiger partial charge is 0.421 e. The zero-order valence-corrected chi connectivity index (χ0v) is 12.9. The number of esters is 1. The quantitative estimate of drug-likeness (QED) is 0.692. The topological polar surface area (TPSA) is 74.3 Å². The number of benzene rings is 1. The first-order chi connectivity index (χ1) is 11.0. The van der Waals surface area contributed by atoms with Crippen LogP contribution in [0.5, 0.6) is 0 Å². The van der Waals surface area contributed by atoms with Gasteiger partial charge in [0.1, 0.15) is 0 Å². The molecule has 118 valence electrons. The predicted molar refractivity (Wildman–Crippen MR) is 84.4 cm³/mol. The van der Waals surface area contributed by atoms with Crippen molar-refractivity contribution in [2.45, 2.75) is 26.5 Å². The molecule has 0 unspecified atom stereocenters. The van der Waals surface area contributed by atoms with Crippen LogP contribution in [0.1, 0.15) is 29.8 Å². The van der Waals surface area contributed by atoms with Gasteiger partial charge in [-0.2, -0.15) is 0 Å². The third-order valence-corrected chi connectivity index (χ3v) is 3.30. The zero-order chi connectivity index (χ0) is 16.4. The summed E-state index contributed by atoms with van der Waals surface area (Å²) in [5, 5.41) is 0. The molecule has 23 heavy (non-hydrogen) atoms. The number of carbonyl (C=O) groups is 1. The van der Waals surface area contributed by atoms with Crippen LogP contribution in [0.3, 0.4) is 0 Å². The van der Waals surface area contributed by atoms with Crippen LogP contribution in [0.4, 0.5) is 0 Å². The van der Waals surface area contributed by atoms with Crippen LogP contribution in [0.2, 0.25) is 0 Å². The van der Waals surface area contributed by atoms with Gasteiger partial charge in [-0.3, -0.25) is 4.57 Å². The Morgan fingerprint density at radius 1 is 1.26 bits per heavy atom. The highest BCUT2D eigenvalue weighted by Gasteiger charge is 2.12. The van der Waals surface area contributed by atoms with Gasteiger partial charge < -0.3 is 9.15 Å². The van der Waals surface area contributed by atoms with E-state index in [1.807, 2.05) is 0 Å². The number of fused-ring (bicyclic) bond motifs is 1. The first-order valence-electron chi connectivity index (χ1n) is 7.29. The Labute approximate surface area is 132 Å². The van der Waals surface area contributed by atoms with Gasteiger partial charge in [-0.15, -0.1) is 0 Å². The van der Waals surface area contributed by atoms with Gasteiger partial charge in [0.05, 0.1) is 18.2 Å². The second-order valence-electron chi connectivity index (χ2n) is 5.43. The predicted octanol–water partition coefficient (Wildman–Crippen LogP) is 2.60. The van der Waals surface area contributed by atoms with Gasteiger partial charge in [0, 0.05) is 6.20 Å². The summed E-state index contributed by atoms with van der Waals surface area (Å²) in [5.41, 5.74) is 2.29. The highest BCUT2D eigenvalue weighted by atomic mass is 16.5. The highest BCUT2D eigenvalue weighted by Crippen LogP contribution is 2.12. The van der Waals surface area contributed by atoms with Crippen LogP contribution in [0.15, 0.2) is 51.8 Å². The van der Waals surface area contributed by atoms with Crippen molar-refractivity contribution in [1.82, 2.24) is 9.55 Å². The fourth-order valence-electron chi connectivity index (χ4n) is 2.25. The van der Waals surface area contributed by atoms with Crippen molar-refractivity contribution in [1.29, 1.82) is 0 Å². The maximum atomic E-state index is 11.9. The van der Waals surface area contributed by atoms with Crippen LogP contribution in [-0.2, 0) is 11.3 Å². The molecule has 0 N–H and O–H groups in total. The number of hydrogen-bond donors (Lipinski definition) is 0. The van der Waals surface area contributed by atoms with Gasteiger partial charge in [-0.1, -0.05) is 12.1 Å². The Balaban J connectivity index is 1.84. The second kappa shape index (κ2) is 6.08. The molecule has 1 aromatic carbocycles. The number of pyridine rings is 1. The van der Waals surface area contributed by atoms with E-state index in [4.69, 9.17) is 9.15 Å². The monoisotopic (exact) mass is 312 g/mol. The summed E-state index contributed by atoms with van der Waals surface area (Å²) >= 11 is 0. The Kier molecular flexibility index (Phi) is 3.97. The van der Waals surface area contributed by atoms with E-state index in [0.717, 1.165) is 5.56 Å². The molecule has 0 amide bonds. The molecule has 0 saturated carbocycles. The van der Waals surface area contributed by atoms with E-state index in [2.05, 4.69) is 4.98 Å². The molecule has 0 fully saturated rings. The molecule has 0 bridgehead atoms. The van der Waals surface area contributed by atoms with E-state index >= 15 is 0 Å². The minimum Gasteiger partial charge on any atom is -0.459 e. The van der Waals surface area contributed by atoms with Crippen LogP contribution < -0.4 is 5.76 Å². The lowest BCUT2D eigenvalue weighted by Crippen LogP contribution is -2.15. The Hall–Kier alpha value is -2.89. The number of carbonyl (C=O) groups excluding carboxylic acids is 1. The Morgan fingerprint density at radius 2 is 2.00 bits per heavy atom. The van der Waals surface area contributed by atoms with Gasteiger partial charge in [-0.05, 0) is 43.7 Å². The van der Waals surface area contributed by atoms with E-state index in [1.54, 1.807) is 56.4 Å². The summed E-state index contributed by atoms with van der Waals surface area (Å²) in [5.74, 6) is -0.818. The molecular weight excluding hydrogens is 296 g/mol. The fraction of sp³-hybridized carbons (Fsp3) is 0.235. The van der Waals surface area contributed by atoms with Crippen molar-refractivity contribution in [3.8, 4) is 0 Å². The van der Waals surface area contributed by atoms with E-state index in [0.29, 0.717) is 23.3 Å². The summed E-state index contributed by atoms with van der Waals surface area (Å²) in [6.07, 6.45) is 1.45. The molecule has 3 rings (SSSR count). The van der Waals surface area contributed by atoms with Crippen molar-refractivity contribution >= 4 is 17.2 Å². The van der Waals surface area contributed by atoms with E-state index in [9.17, 15) is 9.59 Å². The normalized spacial score (nSPS) is 11.1. The highest BCUT2D eigenvalue weighted by molar-refractivity contribution is 5.89. The fourth-order valence-corrected chi connectivity index (χ4v) is 2.25. The number of rotatable bonds is 4. The van der Waals surface area contributed by atoms with Gasteiger partial charge >= 0.3 is 11.7 Å². The van der Waals surface area contributed by atoms with E-state index < -0.39 is 5.76 Å². The minimum atomic E-state index is -0.456. The molecule has 0 radical (unpaired) electrons. The van der Waals surface area contributed by atoms with Crippen LogP contribution >= 0.6 is 0 Å². The molecule has 3 aromatic rings. The van der Waals surface area contributed by atoms with Crippen molar-refractivity contribution in [3.05, 3.63) is 64.3 Å². The van der Waals surface area contributed by atoms with E-state index in [-0.39, 0.29) is 12.1 Å². The summed E-state index contributed by atoms with van der Waals surface area (Å²) < 4.78 is 11.7. The second-order valence-corrected chi connectivity index (χ2v) is 5.43. The van der Waals surface area contributed by atoms with Crippen molar-refractivity contribution < 1.29 is 13.9 Å². The third-order valence-electron chi connectivity index (χ3n) is 3.30. The van der Waals surface area contributed by atoms with Crippen LogP contribution in [0.25, 0.3) is 11.2 Å². The van der Waals surface area contributed by atoms with Crippen LogP contribution in [0, 0.1) is 0 Å². The number of nitrogens with zero attached hydrogens (tertiary/aromatic N) is 2. The van der Waals surface area contributed by atoms with Gasteiger partial charge in [0.2, 0.25) is 0 Å². The molecule has 2 aromatic heterocycles. The molecule has 0 saturated heterocycles. The summed E-state index contributed by atoms with van der Waals surface area (Å²) in [4.78, 5) is 27.9. The van der Waals surface area contributed by atoms with Crippen LogP contribution in [-0.4, -0.2) is 21.6 Å². The summed E-state index contributed by atoms with van der Waals surface area (Å²) in [7, 11) is 0. The number of aromatic nitrogens is 2. The molecule has 0 spiro atoms. The van der Waals surface area contributed by atoms with Crippen molar-refractivity contribution in [3.63, 3.8) is 0 Å². The van der Waals surface area contributed by atoms with Gasteiger partial charge in [0.15, 0.2) is 11.2 Å². The molecular formula is C17H16N2O4. The van der Waals surface area contributed by atoms with Crippen molar-refractivity contribution in [2.75, 3.05) is 0 Å². The molecule has 0 aliphatic heterocycles. The van der Waals surface area contributed by atoms with Gasteiger partial charge in [0.25, 0.3) is 0 Å². The first kappa shape index (κ1) is 15.0. The lowest BCUT2D eigenvalue weighted by Gasteiger charge is -2.08. The summed E-state index contributed by atoms with van der Waals surface area (Å²) in [6, 6.07) is 10.3. The molecule has 0 atom stereocenters. The zero-order valence-electron chi connectivity index (χ0n) is 12.9. The number of hydrogen-bond acceptors (Lipinski definition) is 5. The lowest BCUT2D eigenvalue weighted by atomic mass is 10.1. The molecule has 2 heterocycles. The first-order valence-corrected chi connectivity index (χ1v) is 7.29. The lowest BCUT2D eigenvalue weighted by molar-refractivity contribution is 0.0378. The van der Waals surface area contributed by atoms with Crippen molar-refractivity contribution in [2.24, 2.45) is 0 Å². The Bertz CT molecular complexity index is 891. The average Bonchev–Trinajstić information content (AvgIpc) is 2.83. The molecule has 0 aliphatic carbocycles. The SMILES string of the molecule is CC(C)OC(=O)c1ccc(Cn2c(=O)oc3cccnc32)cc1. The average molecular weight is 312 g/mol. The third kappa shape index (κ3) is 3.15. The maximum absolute atomic E-state index is 11.9. The van der Waals surface area contributed by atoms with E-state index in [1.165, 1.54) is 4.57 Å². The largest absolute Gasteiger partial charge is 0.459 e. The standard InChI is InChI=1S/C17H16N2O4/c1-11(2)22-16(20)13-7-5-12(6-8-13)10-19-15-14(23-17(19)21)4-3-9-18-15/h3-9,11H,10H2,1-2H3. The summed E-state index contributed by atoms with van der Waals surface area (Å²) in [6.45, 7) is 3.92. The maximum Gasteiger partial charge on any atom is 0.421 e. The number of ether oxygens (including phenoxy) is 1. The molecule has 6 heteroatoms. The van der Waals surface area contributed by atoms with Gasteiger partial charge in [-0.25, -0.2) is 14.6 Å². The number of oxazole rings is 1. The molecule has 6 nitrogen and oxygen atoms in total. The Morgan fingerprint density at radius 3 is 2.70 bits per heavy atom.